The summed E-state index contributed by atoms with van der Waals surface area (Å²) in [5, 5.41) is 2.85. The summed E-state index contributed by atoms with van der Waals surface area (Å²) in [7, 11) is 1.59. The van der Waals surface area contributed by atoms with E-state index in [0.29, 0.717) is 6.54 Å². The van der Waals surface area contributed by atoms with Gasteiger partial charge in [-0.1, -0.05) is 12.1 Å². The fourth-order valence-electron chi connectivity index (χ4n) is 1.57. The number of hydrogen-bond acceptors (Lipinski definition) is 2. The molecule has 18 heavy (non-hydrogen) atoms. The van der Waals surface area contributed by atoms with E-state index in [2.05, 4.69) is 5.32 Å². The maximum absolute atomic E-state index is 13.3. The van der Waals surface area contributed by atoms with Crippen molar-refractivity contribution in [3.8, 4) is 5.75 Å². The highest BCUT2D eigenvalue weighted by molar-refractivity contribution is 5.45. The summed E-state index contributed by atoms with van der Waals surface area (Å²) >= 11 is 0. The minimum Gasteiger partial charge on any atom is -0.497 e. The number of nitrogens with one attached hydrogen (secondary N) is 1. The molecule has 0 saturated heterocycles. The number of hydrogen-bond donors (Lipinski definition) is 1. The SMILES string of the molecule is COc1ccc(CNc2cc(F)ccc2F)cc1. The third-order valence-electron chi connectivity index (χ3n) is 2.57. The molecule has 0 aromatic heterocycles. The van der Waals surface area contributed by atoms with E-state index in [-0.39, 0.29) is 5.69 Å². The molecule has 0 heterocycles. The molecule has 0 unspecified atom stereocenters. The van der Waals surface area contributed by atoms with Gasteiger partial charge in [-0.2, -0.15) is 0 Å². The van der Waals surface area contributed by atoms with Crippen LogP contribution in [0.15, 0.2) is 42.5 Å². The molecule has 94 valence electrons. The Morgan fingerprint density at radius 3 is 2.44 bits per heavy atom. The first-order valence-electron chi connectivity index (χ1n) is 5.51. The fraction of sp³-hybridized carbons (Fsp3) is 0.143. The van der Waals surface area contributed by atoms with Gasteiger partial charge in [0.05, 0.1) is 12.8 Å². The summed E-state index contributed by atoms with van der Waals surface area (Å²) in [5.41, 5.74) is 1.12. The molecule has 2 aromatic rings. The average molecular weight is 249 g/mol. The fourth-order valence-corrected chi connectivity index (χ4v) is 1.57. The molecule has 0 radical (unpaired) electrons. The topological polar surface area (TPSA) is 21.3 Å². The maximum atomic E-state index is 13.3. The van der Waals surface area contributed by atoms with Gasteiger partial charge in [0.25, 0.3) is 0 Å². The van der Waals surface area contributed by atoms with Crippen LogP contribution in [-0.4, -0.2) is 7.11 Å². The second-order valence-corrected chi connectivity index (χ2v) is 3.83. The number of benzene rings is 2. The van der Waals surface area contributed by atoms with Crippen LogP contribution in [0, 0.1) is 11.6 Å². The van der Waals surface area contributed by atoms with Crippen LogP contribution in [0.2, 0.25) is 0 Å². The lowest BCUT2D eigenvalue weighted by Gasteiger charge is -2.08. The molecular weight excluding hydrogens is 236 g/mol. The highest BCUT2D eigenvalue weighted by atomic mass is 19.1. The summed E-state index contributed by atoms with van der Waals surface area (Å²) in [6, 6.07) is 10.7. The quantitative estimate of drug-likeness (QED) is 0.894. The standard InChI is InChI=1S/C14H13F2NO/c1-18-12-5-2-10(3-6-12)9-17-14-8-11(15)4-7-13(14)16/h2-8,17H,9H2,1H3. The summed E-state index contributed by atoms with van der Waals surface area (Å²) < 4.78 is 31.3. The van der Waals surface area contributed by atoms with E-state index in [1.165, 1.54) is 0 Å². The van der Waals surface area contributed by atoms with Crippen molar-refractivity contribution >= 4 is 5.69 Å². The first-order chi connectivity index (χ1) is 8.69. The van der Waals surface area contributed by atoms with Crippen molar-refractivity contribution in [3.63, 3.8) is 0 Å². The van der Waals surface area contributed by atoms with Crippen LogP contribution < -0.4 is 10.1 Å². The van der Waals surface area contributed by atoms with Crippen LogP contribution in [0.5, 0.6) is 5.75 Å². The zero-order valence-electron chi connectivity index (χ0n) is 9.91. The van der Waals surface area contributed by atoms with Gasteiger partial charge in [0, 0.05) is 6.54 Å². The molecule has 0 fully saturated rings. The van der Waals surface area contributed by atoms with Gasteiger partial charge >= 0.3 is 0 Å². The van der Waals surface area contributed by atoms with E-state index in [0.717, 1.165) is 29.5 Å². The van der Waals surface area contributed by atoms with E-state index >= 15 is 0 Å². The Morgan fingerprint density at radius 2 is 1.78 bits per heavy atom. The highest BCUT2D eigenvalue weighted by Crippen LogP contribution is 2.17. The van der Waals surface area contributed by atoms with Crippen molar-refractivity contribution < 1.29 is 13.5 Å². The Morgan fingerprint density at radius 1 is 1.06 bits per heavy atom. The van der Waals surface area contributed by atoms with E-state index in [1.807, 2.05) is 24.3 Å². The maximum Gasteiger partial charge on any atom is 0.146 e. The predicted octanol–water partition coefficient (Wildman–Crippen LogP) is 3.59. The molecule has 2 rings (SSSR count). The summed E-state index contributed by atoms with van der Waals surface area (Å²) in [4.78, 5) is 0. The van der Waals surface area contributed by atoms with E-state index in [4.69, 9.17) is 4.74 Å². The molecule has 0 amide bonds. The predicted molar refractivity (Wildman–Crippen MR) is 66.7 cm³/mol. The molecule has 1 N–H and O–H groups in total. The smallest absolute Gasteiger partial charge is 0.146 e. The van der Waals surface area contributed by atoms with E-state index in [1.54, 1.807) is 7.11 Å². The third-order valence-corrected chi connectivity index (χ3v) is 2.57. The molecule has 0 atom stereocenters. The molecule has 0 aliphatic rings. The minimum absolute atomic E-state index is 0.158. The number of anilines is 1. The van der Waals surface area contributed by atoms with Gasteiger partial charge < -0.3 is 10.1 Å². The van der Waals surface area contributed by atoms with Crippen LogP contribution in [0.3, 0.4) is 0 Å². The highest BCUT2D eigenvalue weighted by Gasteiger charge is 2.03. The number of ether oxygens (including phenoxy) is 1. The van der Waals surface area contributed by atoms with Crippen molar-refractivity contribution in [3.05, 3.63) is 59.7 Å². The van der Waals surface area contributed by atoms with Crippen LogP contribution in [-0.2, 0) is 6.54 Å². The molecule has 0 bridgehead atoms. The van der Waals surface area contributed by atoms with Crippen LogP contribution >= 0.6 is 0 Å². The zero-order valence-corrected chi connectivity index (χ0v) is 9.91. The average Bonchev–Trinajstić information content (AvgIpc) is 2.40. The van der Waals surface area contributed by atoms with Gasteiger partial charge in [-0.05, 0) is 35.9 Å². The molecule has 0 aliphatic carbocycles. The van der Waals surface area contributed by atoms with Crippen molar-refractivity contribution in [1.29, 1.82) is 0 Å². The zero-order chi connectivity index (χ0) is 13.0. The number of methoxy groups -OCH3 is 1. The van der Waals surface area contributed by atoms with Crippen LogP contribution in [0.4, 0.5) is 14.5 Å². The normalized spacial score (nSPS) is 10.2. The van der Waals surface area contributed by atoms with Gasteiger partial charge in [-0.3, -0.25) is 0 Å². The van der Waals surface area contributed by atoms with E-state index in [9.17, 15) is 8.78 Å². The third kappa shape index (κ3) is 2.97. The first-order valence-corrected chi connectivity index (χ1v) is 5.51. The second-order valence-electron chi connectivity index (χ2n) is 3.83. The Balaban J connectivity index is 2.04. The lowest BCUT2D eigenvalue weighted by Crippen LogP contribution is -2.01. The number of halogens is 2. The summed E-state index contributed by atoms with van der Waals surface area (Å²) in [6.07, 6.45) is 0. The van der Waals surface area contributed by atoms with E-state index < -0.39 is 11.6 Å². The Hall–Kier alpha value is -2.10. The number of rotatable bonds is 4. The van der Waals surface area contributed by atoms with Crippen LogP contribution in [0.1, 0.15) is 5.56 Å². The minimum atomic E-state index is -0.468. The van der Waals surface area contributed by atoms with Gasteiger partial charge in [0.1, 0.15) is 17.4 Å². The molecular formula is C14H13F2NO. The summed E-state index contributed by atoms with van der Waals surface area (Å²) in [5.74, 6) is -0.172. The van der Waals surface area contributed by atoms with Crippen LogP contribution in [0.25, 0.3) is 0 Å². The van der Waals surface area contributed by atoms with Crippen molar-refractivity contribution in [2.75, 3.05) is 12.4 Å². The first kappa shape index (κ1) is 12.4. The molecule has 2 nitrogen and oxygen atoms in total. The lowest BCUT2D eigenvalue weighted by molar-refractivity contribution is 0.414. The molecule has 0 aliphatic heterocycles. The Labute approximate surface area is 104 Å². The molecule has 2 aromatic carbocycles. The Kier molecular flexibility index (Phi) is 3.77. The molecule has 0 spiro atoms. The Bertz CT molecular complexity index is 526. The van der Waals surface area contributed by atoms with Crippen molar-refractivity contribution in [2.24, 2.45) is 0 Å². The summed E-state index contributed by atoms with van der Waals surface area (Å²) in [6.45, 7) is 0.421. The van der Waals surface area contributed by atoms with Gasteiger partial charge in [-0.25, -0.2) is 8.78 Å². The lowest BCUT2D eigenvalue weighted by atomic mass is 10.2. The second kappa shape index (κ2) is 5.49. The van der Waals surface area contributed by atoms with Gasteiger partial charge in [0.2, 0.25) is 0 Å². The largest absolute Gasteiger partial charge is 0.497 e. The van der Waals surface area contributed by atoms with Crippen molar-refractivity contribution in [2.45, 2.75) is 6.54 Å². The monoisotopic (exact) mass is 249 g/mol. The van der Waals surface area contributed by atoms with Crippen molar-refractivity contribution in [1.82, 2.24) is 0 Å². The van der Waals surface area contributed by atoms with Gasteiger partial charge in [-0.15, -0.1) is 0 Å². The van der Waals surface area contributed by atoms with Gasteiger partial charge in [0.15, 0.2) is 0 Å². The molecule has 0 saturated carbocycles. The molecule has 4 heteroatoms.